The van der Waals surface area contributed by atoms with Crippen LogP contribution in [-0.2, 0) is 6.54 Å². The van der Waals surface area contributed by atoms with Crippen molar-refractivity contribution in [3.8, 4) is 22.6 Å². The van der Waals surface area contributed by atoms with Gasteiger partial charge in [-0.25, -0.2) is 0 Å². The molecule has 0 fully saturated rings. The van der Waals surface area contributed by atoms with E-state index in [4.69, 9.17) is 26.8 Å². The maximum Gasteiger partial charge on any atom is 0.161 e. The Kier molecular flexibility index (Phi) is 4.30. The van der Waals surface area contributed by atoms with Crippen molar-refractivity contribution in [2.24, 2.45) is 5.73 Å². The van der Waals surface area contributed by atoms with E-state index in [1.54, 1.807) is 14.2 Å². The van der Waals surface area contributed by atoms with Gasteiger partial charge in [0.15, 0.2) is 11.5 Å². The molecule has 0 spiro atoms. The van der Waals surface area contributed by atoms with Crippen LogP contribution in [0.5, 0.6) is 11.5 Å². The predicted molar refractivity (Wildman–Crippen MR) is 77.9 cm³/mol. The number of rotatable bonds is 4. The van der Waals surface area contributed by atoms with Gasteiger partial charge in [0.2, 0.25) is 0 Å². The van der Waals surface area contributed by atoms with Crippen LogP contribution in [0, 0.1) is 0 Å². The van der Waals surface area contributed by atoms with Crippen LogP contribution < -0.4 is 15.2 Å². The van der Waals surface area contributed by atoms with E-state index in [2.05, 4.69) is 0 Å². The van der Waals surface area contributed by atoms with E-state index < -0.39 is 0 Å². The van der Waals surface area contributed by atoms with Crippen LogP contribution in [0.3, 0.4) is 0 Å². The first-order valence-electron chi connectivity index (χ1n) is 5.90. The van der Waals surface area contributed by atoms with Crippen molar-refractivity contribution in [2.75, 3.05) is 14.2 Å². The van der Waals surface area contributed by atoms with Gasteiger partial charge in [-0.2, -0.15) is 0 Å². The molecule has 2 aromatic carbocycles. The first-order chi connectivity index (χ1) is 9.19. The van der Waals surface area contributed by atoms with Gasteiger partial charge in [0.1, 0.15) is 0 Å². The zero-order chi connectivity index (χ0) is 13.8. The number of methoxy groups -OCH3 is 2. The molecule has 0 aromatic heterocycles. The molecule has 4 heteroatoms. The summed E-state index contributed by atoms with van der Waals surface area (Å²) in [5.74, 6) is 1.41. The molecule has 0 atom stereocenters. The quantitative estimate of drug-likeness (QED) is 0.930. The molecule has 3 nitrogen and oxygen atoms in total. The van der Waals surface area contributed by atoms with Crippen LogP contribution in [0.25, 0.3) is 11.1 Å². The highest BCUT2D eigenvalue weighted by molar-refractivity contribution is 6.31. The van der Waals surface area contributed by atoms with Crippen molar-refractivity contribution in [1.29, 1.82) is 0 Å². The Morgan fingerprint density at radius 1 is 0.947 bits per heavy atom. The van der Waals surface area contributed by atoms with Gasteiger partial charge >= 0.3 is 0 Å². The highest BCUT2D eigenvalue weighted by Gasteiger charge is 2.07. The Balaban J connectivity index is 2.47. The third-order valence-electron chi connectivity index (χ3n) is 2.98. The first kappa shape index (κ1) is 13.7. The lowest BCUT2D eigenvalue weighted by Gasteiger charge is -2.11. The summed E-state index contributed by atoms with van der Waals surface area (Å²) in [6, 6.07) is 11.6. The highest BCUT2D eigenvalue weighted by atomic mass is 35.5. The average Bonchev–Trinajstić information content (AvgIpc) is 2.47. The minimum absolute atomic E-state index is 0.417. The molecular formula is C15H16ClNO2. The van der Waals surface area contributed by atoms with Crippen molar-refractivity contribution < 1.29 is 9.47 Å². The number of hydrogen-bond donors (Lipinski definition) is 1. The molecule has 100 valence electrons. The van der Waals surface area contributed by atoms with E-state index in [9.17, 15) is 0 Å². The zero-order valence-corrected chi connectivity index (χ0v) is 11.7. The van der Waals surface area contributed by atoms with Crippen molar-refractivity contribution in [3.05, 3.63) is 47.0 Å². The summed E-state index contributed by atoms with van der Waals surface area (Å²) >= 11 is 6.07. The molecule has 0 saturated carbocycles. The van der Waals surface area contributed by atoms with E-state index >= 15 is 0 Å². The summed E-state index contributed by atoms with van der Waals surface area (Å²) in [5.41, 5.74) is 8.67. The zero-order valence-electron chi connectivity index (χ0n) is 10.9. The minimum atomic E-state index is 0.417. The summed E-state index contributed by atoms with van der Waals surface area (Å²) in [7, 11) is 3.24. The fraction of sp³-hybridized carbons (Fsp3) is 0.200. The number of halogens is 1. The van der Waals surface area contributed by atoms with Crippen molar-refractivity contribution in [1.82, 2.24) is 0 Å². The van der Waals surface area contributed by atoms with E-state index in [1.165, 1.54) is 0 Å². The van der Waals surface area contributed by atoms with Gasteiger partial charge in [-0.3, -0.25) is 0 Å². The van der Waals surface area contributed by atoms with Gasteiger partial charge in [0.05, 0.1) is 14.2 Å². The first-order valence-corrected chi connectivity index (χ1v) is 6.28. The fourth-order valence-electron chi connectivity index (χ4n) is 1.93. The molecule has 0 radical (unpaired) electrons. The van der Waals surface area contributed by atoms with Crippen LogP contribution in [0.4, 0.5) is 0 Å². The molecule has 2 N–H and O–H groups in total. The molecule has 0 saturated heterocycles. The largest absolute Gasteiger partial charge is 0.493 e. The third kappa shape index (κ3) is 2.83. The predicted octanol–water partition coefficient (Wildman–Crippen LogP) is 3.48. The number of ether oxygens (including phenoxy) is 2. The standard InChI is InChI=1S/C15H16ClNO2/c1-18-14-6-4-11(8-15(14)19-2)10-3-5-13(16)12(7-10)9-17/h3-8H,9,17H2,1-2H3. The lowest BCUT2D eigenvalue weighted by molar-refractivity contribution is 0.355. The van der Waals surface area contributed by atoms with Crippen LogP contribution in [0.15, 0.2) is 36.4 Å². The molecule has 0 unspecified atom stereocenters. The second kappa shape index (κ2) is 5.95. The molecule has 2 rings (SSSR count). The monoisotopic (exact) mass is 277 g/mol. The van der Waals surface area contributed by atoms with Crippen LogP contribution in [0.1, 0.15) is 5.56 Å². The molecule has 0 bridgehead atoms. The Morgan fingerprint density at radius 2 is 1.58 bits per heavy atom. The van der Waals surface area contributed by atoms with Gasteiger partial charge in [-0.15, -0.1) is 0 Å². The molecule has 19 heavy (non-hydrogen) atoms. The molecule has 0 heterocycles. The van der Waals surface area contributed by atoms with E-state index in [1.807, 2.05) is 36.4 Å². The highest BCUT2D eigenvalue weighted by Crippen LogP contribution is 2.33. The fourth-order valence-corrected chi connectivity index (χ4v) is 2.12. The Bertz CT molecular complexity index is 584. The summed E-state index contributed by atoms with van der Waals surface area (Å²) in [4.78, 5) is 0. The molecular weight excluding hydrogens is 262 g/mol. The number of hydrogen-bond acceptors (Lipinski definition) is 3. The smallest absolute Gasteiger partial charge is 0.161 e. The summed E-state index contributed by atoms with van der Waals surface area (Å²) in [6.45, 7) is 0.417. The van der Waals surface area contributed by atoms with Gasteiger partial charge < -0.3 is 15.2 Å². The van der Waals surface area contributed by atoms with Crippen molar-refractivity contribution in [3.63, 3.8) is 0 Å². The normalized spacial score (nSPS) is 10.3. The SMILES string of the molecule is COc1ccc(-c2ccc(Cl)c(CN)c2)cc1OC. The molecule has 2 aromatic rings. The Hall–Kier alpha value is -1.71. The molecule has 0 aliphatic carbocycles. The lowest BCUT2D eigenvalue weighted by atomic mass is 10.0. The number of nitrogens with two attached hydrogens (primary N) is 1. The summed E-state index contributed by atoms with van der Waals surface area (Å²) in [6.07, 6.45) is 0. The van der Waals surface area contributed by atoms with Crippen LogP contribution >= 0.6 is 11.6 Å². The van der Waals surface area contributed by atoms with Gasteiger partial charge in [-0.05, 0) is 41.0 Å². The summed E-state index contributed by atoms with van der Waals surface area (Å²) < 4.78 is 10.5. The van der Waals surface area contributed by atoms with E-state index in [0.717, 1.165) is 16.7 Å². The minimum Gasteiger partial charge on any atom is -0.493 e. The second-order valence-electron chi connectivity index (χ2n) is 4.08. The maximum absolute atomic E-state index is 6.07. The molecule has 0 aliphatic rings. The van der Waals surface area contributed by atoms with Crippen LogP contribution in [-0.4, -0.2) is 14.2 Å². The Labute approximate surface area is 117 Å². The van der Waals surface area contributed by atoms with Crippen molar-refractivity contribution >= 4 is 11.6 Å². The van der Waals surface area contributed by atoms with Crippen molar-refractivity contribution in [2.45, 2.75) is 6.54 Å². The second-order valence-corrected chi connectivity index (χ2v) is 4.49. The topological polar surface area (TPSA) is 44.5 Å². The lowest BCUT2D eigenvalue weighted by Crippen LogP contribution is -1.97. The van der Waals surface area contributed by atoms with E-state index in [-0.39, 0.29) is 0 Å². The Morgan fingerprint density at radius 3 is 2.21 bits per heavy atom. The summed E-state index contributed by atoms with van der Waals surface area (Å²) in [5, 5.41) is 0.687. The van der Waals surface area contributed by atoms with Crippen LogP contribution in [0.2, 0.25) is 5.02 Å². The van der Waals surface area contributed by atoms with Gasteiger partial charge in [-0.1, -0.05) is 23.7 Å². The van der Waals surface area contributed by atoms with E-state index in [0.29, 0.717) is 23.1 Å². The van der Waals surface area contributed by atoms with Gasteiger partial charge in [0.25, 0.3) is 0 Å². The third-order valence-corrected chi connectivity index (χ3v) is 3.35. The molecule has 0 amide bonds. The van der Waals surface area contributed by atoms with Gasteiger partial charge in [0, 0.05) is 11.6 Å². The average molecular weight is 278 g/mol. The molecule has 0 aliphatic heterocycles. The maximum atomic E-state index is 6.07. The number of benzene rings is 2.